The van der Waals surface area contributed by atoms with Crippen LogP contribution in [0.4, 0.5) is 5.95 Å². The van der Waals surface area contributed by atoms with Crippen LogP contribution in [0.3, 0.4) is 0 Å². The molecule has 0 bridgehead atoms. The van der Waals surface area contributed by atoms with Crippen LogP contribution < -0.4 is 5.73 Å². The number of hydrogen-bond donors (Lipinski definition) is 1. The second kappa shape index (κ2) is 7.33. The third-order valence-corrected chi connectivity index (χ3v) is 6.08. The van der Waals surface area contributed by atoms with Gasteiger partial charge < -0.3 is 10.5 Å². The van der Waals surface area contributed by atoms with E-state index in [-0.39, 0.29) is 17.8 Å². The first-order valence-electron chi connectivity index (χ1n) is 8.98. The van der Waals surface area contributed by atoms with Crippen LogP contribution in [0.1, 0.15) is 58.9 Å². The largest absolute Gasteiger partial charge is 0.461 e. The lowest BCUT2D eigenvalue weighted by Gasteiger charge is -2.36. The molecule has 0 spiro atoms. The van der Waals surface area contributed by atoms with Crippen molar-refractivity contribution in [3.05, 3.63) is 0 Å². The van der Waals surface area contributed by atoms with Crippen LogP contribution in [0, 0.1) is 17.8 Å². The van der Waals surface area contributed by atoms with Gasteiger partial charge in [-0.05, 0) is 43.4 Å². The van der Waals surface area contributed by atoms with E-state index in [0.29, 0.717) is 29.7 Å². The summed E-state index contributed by atoms with van der Waals surface area (Å²) in [6, 6.07) is 0.406. The molecule has 3 rings (SSSR count). The maximum absolute atomic E-state index is 12.3. The predicted molar refractivity (Wildman–Crippen MR) is 94.7 cm³/mol. The number of anilines is 1. The fourth-order valence-corrected chi connectivity index (χ4v) is 4.43. The molecule has 0 aliphatic heterocycles. The highest BCUT2D eigenvalue weighted by Crippen LogP contribution is 2.39. The van der Waals surface area contributed by atoms with Gasteiger partial charge in [-0.2, -0.15) is 0 Å². The number of ether oxygens (including phenoxy) is 1. The van der Waals surface area contributed by atoms with Gasteiger partial charge in [-0.15, -0.1) is 10.2 Å². The van der Waals surface area contributed by atoms with Gasteiger partial charge in [0.1, 0.15) is 6.10 Å². The molecule has 0 saturated heterocycles. The van der Waals surface area contributed by atoms with Crippen molar-refractivity contribution in [2.75, 3.05) is 11.5 Å². The smallest absolute Gasteiger partial charge is 0.316 e. The Labute approximate surface area is 147 Å². The molecular weight excluding hydrogens is 324 g/mol. The van der Waals surface area contributed by atoms with Crippen LogP contribution in [0.15, 0.2) is 5.16 Å². The Balaban J connectivity index is 1.55. The monoisotopic (exact) mass is 352 g/mol. The number of carbonyl (C=O) groups is 1. The molecule has 0 amide bonds. The first kappa shape index (κ1) is 17.6. The number of hydrogen-bond acceptors (Lipinski definition) is 6. The summed E-state index contributed by atoms with van der Waals surface area (Å²) < 4.78 is 7.77. The van der Waals surface area contributed by atoms with Gasteiger partial charge in [-0.3, -0.25) is 9.36 Å². The molecule has 1 heterocycles. The summed E-state index contributed by atoms with van der Waals surface area (Å²) in [7, 11) is 0. The molecule has 1 aromatic heterocycles. The van der Waals surface area contributed by atoms with E-state index in [2.05, 4.69) is 31.0 Å². The quantitative estimate of drug-likeness (QED) is 0.625. The van der Waals surface area contributed by atoms with Crippen LogP contribution >= 0.6 is 11.8 Å². The van der Waals surface area contributed by atoms with E-state index in [9.17, 15) is 4.79 Å². The van der Waals surface area contributed by atoms with Crippen LogP contribution in [0.2, 0.25) is 0 Å². The number of nitrogens with two attached hydrogens (primary N) is 1. The van der Waals surface area contributed by atoms with Crippen molar-refractivity contribution < 1.29 is 9.53 Å². The SMILES string of the molecule is CC(C)[C@@H]1CC[C@@H](C)C[C@H]1OC(=O)CSc1nnc(N)n1C1CC1. The lowest BCUT2D eigenvalue weighted by Crippen LogP contribution is -2.36. The molecule has 2 saturated carbocycles. The summed E-state index contributed by atoms with van der Waals surface area (Å²) in [5.74, 6) is 2.19. The van der Waals surface area contributed by atoms with Gasteiger partial charge in [0.05, 0.1) is 5.75 Å². The number of aromatic nitrogens is 3. The summed E-state index contributed by atoms with van der Waals surface area (Å²) in [5.41, 5.74) is 5.86. The van der Waals surface area contributed by atoms with Gasteiger partial charge in [-0.1, -0.05) is 39.0 Å². The predicted octanol–water partition coefficient (Wildman–Crippen LogP) is 3.29. The van der Waals surface area contributed by atoms with Crippen molar-refractivity contribution in [3.8, 4) is 0 Å². The van der Waals surface area contributed by atoms with E-state index >= 15 is 0 Å². The Morgan fingerprint density at radius 1 is 1.33 bits per heavy atom. The van der Waals surface area contributed by atoms with Crippen molar-refractivity contribution in [3.63, 3.8) is 0 Å². The number of nitrogen functional groups attached to an aromatic ring is 1. The zero-order chi connectivity index (χ0) is 17.3. The second-order valence-corrected chi connectivity index (χ2v) is 8.53. The zero-order valence-electron chi connectivity index (χ0n) is 14.8. The molecule has 3 atom stereocenters. The second-order valence-electron chi connectivity index (χ2n) is 7.59. The normalized spacial score (nSPS) is 27.4. The van der Waals surface area contributed by atoms with Crippen molar-refractivity contribution >= 4 is 23.7 Å². The summed E-state index contributed by atoms with van der Waals surface area (Å²) in [4.78, 5) is 12.3. The number of esters is 1. The number of nitrogens with zero attached hydrogens (tertiary/aromatic N) is 3. The van der Waals surface area contributed by atoms with Crippen molar-refractivity contribution in [1.82, 2.24) is 14.8 Å². The molecule has 6 nitrogen and oxygen atoms in total. The van der Waals surface area contributed by atoms with Crippen molar-refractivity contribution in [1.29, 1.82) is 0 Å². The minimum absolute atomic E-state index is 0.0493. The summed E-state index contributed by atoms with van der Waals surface area (Å²) in [6.07, 6.45) is 5.62. The highest BCUT2D eigenvalue weighted by Gasteiger charge is 2.34. The number of rotatable bonds is 6. The molecular formula is C17H28N4O2S. The molecule has 2 aliphatic rings. The molecule has 0 unspecified atom stereocenters. The maximum atomic E-state index is 12.3. The fourth-order valence-electron chi connectivity index (χ4n) is 3.64. The van der Waals surface area contributed by atoms with Crippen LogP contribution in [-0.4, -0.2) is 32.6 Å². The number of thioether (sulfide) groups is 1. The summed E-state index contributed by atoms with van der Waals surface area (Å²) >= 11 is 1.38. The van der Waals surface area contributed by atoms with Crippen molar-refractivity contribution in [2.45, 2.75) is 70.2 Å². The van der Waals surface area contributed by atoms with Crippen molar-refractivity contribution in [2.24, 2.45) is 17.8 Å². The minimum atomic E-state index is -0.159. The van der Waals surface area contributed by atoms with Gasteiger partial charge in [0.2, 0.25) is 5.95 Å². The average molecular weight is 353 g/mol. The van der Waals surface area contributed by atoms with E-state index in [1.807, 2.05) is 4.57 Å². The topological polar surface area (TPSA) is 83.0 Å². The van der Waals surface area contributed by atoms with E-state index in [1.165, 1.54) is 18.2 Å². The van der Waals surface area contributed by atoms with Gasteiger partial charge in [0, 0.05) is 6.04 Å². The molecule has 2 aliphatic carbocycles. The van der Waals surface area contributed by atoms with E-state index in [4.69, 9.17) is 10.5 Å². The third-order valence-electron chi connectivity index (χ3n) is 5.17. The minimum Gasteiger partial charge on any atom is -0.461 e. The Morgan fingerprint density at radius 3 is 2.75 bits per heavy atom. The van der Waals surface area contributed by atoms with Gasteiger partial charge in [0.15, 0.2) is 5.16 Å². The first-order chi connectivity index (χ1) is 11.5. The molecule has 0 radical (unpaired) electrons. The summed E-state index contributed by atoms with van der Waals surface area (Å²) in [5, 5.41) is 8.75. The Kier molecular flexibility index (Phi) is 5.37. The molecule has 24 heavy (non-hydrogen) atoms. The van der Waals surface area contributed by atoms with E-state index in [0.717, 1.165) is 30.8 Å². The zero-order valence-corrected chi connectivity index (χ0v) is 15.6. The van der Waals surface area contributed by atoms with Gasteiger partial charge in [-0.25, -0.2) is 0 Å². The molecule has 134 valence electrons. The van der Waals surface area contributed by atoms with Crippen LogP contribution in [0.25, 0.3) is 0 Å². The van der Waals surface area contributed by atoms with E-state index in [1.54, 1.807) is 0 Å². The summed E-state index contributed by atoms with van der Waals surface area (Å²) in [6.45, 7) is 6.68. The highest BCUT2D eigenvalue weighted by molar-refractivity contribution is 7.99. The van der Waals surface area contributed by atoms with Gasteiger partial charge >= 0.3 is 5.97 Å². The molecule has 7 heteroatoms. The van der Waals surface area contributed by atoms with Crippen LogP contribution in [-0.2, 0) is 9.53 Å². The number of carbonyl (C=O) groups excluding carboxylic acids is 1. The third kappa shape index (κ3) is 4.05. The van der Waals surface area contributed by atoms with Crippen LogP contribution in [0.5, 0.6) is 0 Å². The van der Waals surface area contributed by atoms with Gasteiger partial charge in [0.25, 0.3) is 0 Å². The standard InChI is InChI=1S/C17H28N4O2S/c1-10(2)13-7-4-11(3)8-14(13)23-15(22)9-24-17-20-19-16(18)21(17)12-5-6-12/h10-14H,4-9H2,1-3H3,(H2,18,19)/t11-,13+,14-/m1/s1. The molecule has 0 aromatic carbocycles. The molecule has 2 N–H and O–H groups in total. The highest BCUT2D eigenvalue weighted by atomic mass is 32.2. The van der Waals surface area contributed by atoms with E-state index < -0.39 is 0 Å². The Hall–Kier alpha value is -1.24. The lowest BCUT2D eigenvalue weighted by atomic mass is 9.75. The molecule has 1 aromatic rings. The lowest BCUT2D eigenvalue weighted by molar-refractivity contribution is -0.152. The first-order valence-corrected chi connectivity index (χ1v) is 9.97. The average Bonchev–Trinajstić information content (AvgIpc) is 3.28. The Morgan fingerprint density at radius 2 is 2.08 bits per heavy atom. The molecule has 2 fully saturated rings. The fraction of sp³-hybridized carbons (Fsp3) is 0.824. The Bertz CT molecular complexity index is 585. The maximum Gasteiger partial charge on any atom is 0.316 e.